The molecule has 0 atom stereocenters. The van der Waals surface area contributed by atoms with Crippen molar-refractivity contribution in [1.29, 1.82) is 0 Å². The van der Waals surface area contributed by atoms with Gasteiger partial charge in [-0.3, -0.25) is 9.78 Å². The van der Waals surface area contributed by atoms with E-state index in [2.05, 4.69) is 20.2 Å². The minimum atomic E-state index is -0.620. The Morgan fingerprint density at radius 2 is 1.81 bits per heavy atom. The molecule has 2 amide bonds. The van der Waals surface area contributed by atoms with Crippen LogP contribution < -0.4 is 9.47 Å². The van der Waals surface area contributed by atoms with E-state index in [0.29, 0.717) is 23.5 Å². The average molecular weight is 419 g/mol. The Bertz CT molecular complexity index is 1110. The lowest BCUT2D eigenvalue weighted by atomic mass is 10.0. The highest BCUT2D eigenvalue weighted by molar-refractivity contribution is 6.05. The molecular weight excluding hydrogens is 398 g/mol. The van der Waals surface area contributed by atoms with Crippen molar-refractivity contribution in [2.45, 2.75) is 6.92 Å². The molecule has 0 unspecified atom stereocenters. The van der Waals surface area contributed by atoms with Crippen LogP contribution in [0.5, 0.6) is 11.5 Å². The van der Waals surface area contributed by atoms with Gasteiger partial charge in [0, 0.05) is 31.4 Å². The highest BCUT2D eigenvalue weighted by atomic mass is 16.6. The highest BCUT2D eigenvalue weighted by Crippen LogP contribution is 2.31. The molecule has 31 heavy (non-hydrogen) atoms. The predicted octanol–water partition coefficient (Wildman–Crippen LogP) is 3.26. The van der Waals surface area contributed by atoms with Crippen LogP contribution in [0, 0.1) is 0 Å². The number of benzene rings is 1. The van der Waals surface area contributed by atoms with Gasteiger partial charge in [0.25, 0.3) is 5.91 Å². The van der Waals surface area contributed by atoms with Gasteiger partial charge in [-0.2, -0.15) is 5.10 Å². The summed E-state index contributed by atoms with van der Waals surface area (Å²) >= 11 is 0. The normalized spacial score (nSPS) is 10.7. The van der Waals surface area contributed by atoms with Crippen LogP contribution in [0.15, 0.2) is 59.9 Å². The topological polar surface area (TPSA) is 107 Å². The number of carbonyl (C=O) groups excluding carboxylic acids is 2. The summed E-state index contributed by atoms with van der Waals surface area (Å²) in [5.41, 5.74) is 1.54. The van der Waals surface area contributed by atoms with Gasteiger partial charge in [0.1, 0.15) is 11.4 Å². The smallest absolute Gasteiger partial charge is 0.414 e. The second-order valence-corrected chi connectivity index (χ2v) is 6.44. The van der Waals surface area contributed by atoms with Crippen LogP contribution in [-0.4, -0.2) is 59.0 Å². The van der Waals surface area contributed by atoms with Gasteiger partial charge in [0.2, 0.25) is 0 Å². The van der Waals surface area contributed by atoms with Crippen molar-refractivity contribution in [2.24, 2.45) is 4.99 Å². The highest BCUT2D eigenvalue weighted by Gasteiger charge is 2.18. The Labute approximate surface area is 179 Å². The largest absolute Gasteiger partial charge is 0.493 e. The molecule has 1 aromatic carbocycles. The number of amides is 2. The van der Waals surface area contributed by atoms with Gasteiger partial charge < -0.3 is 14.4 Å². The lowest BCUT2D eigenvalue weighted by Crippen LogP contribution is -2.25. The van der Waals surface area contributed by atoms with E-state index in [9.17, 15) is 9.59 Å². The van der Waals surface area contributed by atoms with Crippen molar-refractivity contribution in [3.05, 3.63) is 66.2 Å². The third-order valence-corrected chi connectivity index (χ3v) is 4.07. The van der Waals surface area contributed by atoms with Gasteiger partial charge in [-0.25, -0.2) is 9.79 Å². The molecule has 9 nitrogen and oxygen atoms in total. The number of nitrogens with zero attached hydrogens (tertiary/aromatic N) is 5. The van der Waals surface area contributed by atoms with Crippen LogP contribution in [0.25, 0.3) is 11.1 Å². The van der Waals surface area contributed by atoms with Crippen LogP contribution in [-0.2, 0) is 0 Å². The number of ether oxygens (including phenoxy) is 2. The monoisotopic (exact) mass is 419 g/mol. The number of pyridine rings is 1. The summed E-state index contributed by atoms with van der Waals surface area (Å²) in [6, 6.07) is 12.2. The first kappa shape index (κ1) is 21.6. The standard InChI is InChI=1S/C22H21N5O4/c1-4-30-18-9-6-5-8-15(18)16-11-13-25-26-20(16)21(28)24-14-17-19(10-7-12-23-17)31-22(29)27(2)3/h5-14H,4H2,1-3H3. The Morgan fingerprint density at radius 3 is 2.58 bits per heavy atom. The first-order chi connectivity index (χ1) is 15.0. The number of rotatable bonds is 6. The van der Waals surface area contributed by atoms with Crippen LogP contribution in [0.4, 0.5) is 4.79 Å². The fourth-order valence-corrected chi connectivity index (χ4v) is 2.63. The van der Waals surface area contributed by atoms with E-state index in [1.807, 2.05) is 31.2 Å². The third-order valence-electron chi connectivity index (χ3n) is 4.07. The van der Waals surface area contributed by atoms with Gasteiger partial charge in [-0.1, -0.05) is 18.2 Å². The molecule has 2 aromatic heterocycles. The van der Waals surface area contributed by atoms with E-state index in [4.69, 9.17) is 9.47 Å². The Morgan fingerprint density at radius 1 is 1.03 bits per heavy atom. The Balaban J connectivity index is 1.92. The number of carbonyl (C=O) groups is 2. The van der Waals surface area contributed by atoms with Crippen LogP contribution in [0.2, 0.25) is 0 Å². The van der Waals surface area contributed by atoms with Crippen molar-refractivity contribution in [3.8, 4) is 22.6 Å². The zero-order chi connectivity index (χ0) is 22.2. The SMILES string of the molecule is CCOc1ccccc1-c1ccnnc1C(=O)N=Cc1ncccc1OC(=O)N(C)C. The van der Waals surface area contributed by atoms with E-state index in [1.165, 1.54) is 23.5 Å². The fraction of sp³-hybridized carbons (Fsp3) is 0.182. The van der Waals surface area contributed by atoms with Crippen LogP contribution >= 0.6 is 0 Å². The van der Waals surface area contributed by atoms with E-state index in [-0.39, 0.29) is 17.1 Å². The lowest BCUT2D eigenvalue weighted by Gasteiger charge is -2.12. The lowest BCUT2D eigenvalue weighted by molar-refractivity contribution is 0.0998. The second-order valence-electron chi connectivity index (χ2n) is 6.44. The van der Waals surface area contributed by atoms with Crippen molar-refractivity contribution in [2.75, 3.05) is 20.7 Å². The van der Waals surface area contributed by atoms with E-state index >= 15 is 0 Å². The molecule has 0 radical (unpaired) electrons. The molecule has 0 fully saturated rings. The third kappa shape index (κ3) is 5.27. The summed E-state index contributed by atoms with van der Waals surface area (Å²) in [6.07, 6.45) is 3.66. The van der Waals surface area contributed by atoms with Crippen molar-refractivity contribution >= 4 is 18.2 Å². The molecule has 158 valence electrons. The van der Waals surface area contributed by atoms with E-state index in [0.717, 1.165) is 0 Å². The maximum absolute atomic E-state index is 12.8. The summed E-state index contributed by atoms with van der Waals surface area (Å²) in [5.74, 6) is 0.183. The average Bonchev–Trinajstić information content (AvgIpc) is 2.79. The van der Waals surface area contributed by atoms with Crippen molar-refractivity contribution in [3.63, 3.8) is 0 Å². The minimum absolute atomic E-state index is 0.0636. The molecule has 3 rings (SSSR count). The van der Waals surface area contributed by atoms with Crippen molar-refractivity contribution < 1.29 is 19.1 Å². The second kappa shape index (κ2) is 10.1. The number of hydrogen-bond acceptors (Lipinski definition) is 7. The quantitative estimate of drug-likeness (QED) is 0.565. The van der Waals surface area contributed by atoms with E-state index < -0.39 is 12.0 Å². The molecule has 0 bridgehead atoms. The first-order valence-electron chi connectivity index (χ1n) is 9.47. The first-order valence-corrected chi connectivity index (χ1v) is 9.47. The molecule has 0 saturated heterocycles. The minimum Gasteiger partial charge on any atom is -0.493 e. The van der Waals surface area contributed by atoms with Gasteiger partial charge in [-0.05, 0) is 31.2 Å². The number of aliphatic imine (C=N–C) groups is 1. The summed E-state index contributed by atoms with van der Waals surface area (Å²) in [7, 11) is 3.12. The van der Waals surface area contributed by atoms with Gasteiger partial charge in [0.15, 0.2) is 11.4 Å². The molecule has 0 spiro atoms. The zero-order valence-electron chi connectivity index (χ0n) is 17.3. The van der Waals surface area contributed by atoms with Crippen LogP contribution in [0.1, 0.15) is 23.1 Å². The van der Waals surface area contributed by atoms with Gasteiger partial charge in [-0.15, -0.1) is 5.10 Å². The van der Waals surface area contributed by atoms with E-state index in [1.54, 1.807) is 32.3 Å². The predicted molar refractivity (Wildman–Crippen MR) is 115 cm³/mol. The number of para-hydroxylation sites is 1. The summed E-state index contributed by atoms with van der Waals surface area (Å²) in [6.45, 7) is 2.36. The molecule has 0 saturated carbocycles. The molecular formula is C22H21N5O4. The molecule has 3 aromatic rings. The molecule has 0 aliphatic carbocycles. The molecule has 0 aliphatic rings. The van der Waals surface area contributed by atoms with Gasteiger partial charge >= 0.3 is 6.09 Å². The van der Waals surface area contributed by atoms with Crippen LogP contribution in [0.3, 0.4) is 0 Å². The molecule has 9 heteroatoms. The maximum atomic E-state index is 12.8. The fourth-order valence-electron chi connectivity index (χ4n) is 2.63. The number of aromatic nitrogens is 3. The molecule has 2 heterocycles. The summed E-state index contributed by atoms with van der Waals surface area (Å²) in [5, 5.41) is 7.80. The van der Waals surface area contributed by atoms with Crippen molar-refractivity contribution in [1.82, 2.24) is 20.1 Å². The molecule has 0 N–H and O–H groups in total. The Kier molecular flexibility index (Phi) is 7.00. The Hall–Kier alpha value is -4.14. The van der Waals surface area contributed by atoms with Gasteiger partial charge in [0.05, 0.1) is 19.0 Å². The number of hydrogen-bond donors (Lipinski definition) is 0. The summed E-state index contributed by atoms with van der Waals surface area (Å²) < 4.78 is 10.9. The summed E-state index contributed by atoms with van der Waals surface area (Å²) in [4.78, 5) is 34.0. The molecule has 0 aliphatic heterocycles. The maximum Gasteiger partial charge on any atom is 0.414 e. The zero-order valence-corrected chi connectivity index (χ0v) is 17.3.